The summed E-state index contributed by atoms with van der Waals surface area (Å²) >= 11 is 12.2. The summed E-state index contributed by atoms with van der Waals surface area (Å²) in [5.74, 6) is 0. The Labute approximate surface area is 125 Å². The van der Waals surface area contributed by atoms with Crippen LogP contribution in [-0.2, 0) is 5.41 Å². The van der Waals surface area contributed by atoms with Gasteiger partial charge in [-0.3, -0.25) is 0 Å². The van der Waals surface area contributed by atoms with E-state index < -0.39 is 0 Å². The highest BCUT2D eigenvalue weighted by molar-refractivity contribution is 6.42. The molecule has 1 fully saturated rings. The molecule has 0 unspecified atom stereocenters. The molecule has 0 radical (unpaired) electrons. The summed E-state index contributed by atoms with van der Waals surface area (Å²) in [5, 5.41) is 11.0. The van der Waals surface area contributed by atoms with Crippen LogP contribution < -0.4 is 0 Å². The van der Waals surface area contributed by atoms with Crippen LogP contribution in [0.1, 0.15) is 31.2 Å². The number of benzene rings is 1. The standard InChI is InChI=1S/C15H21Cl2NO/c1-18(2)10-15(7-5-12(19)6-8-15)11-3-4-13(16)14(17)9-11/h3-4,9,12,19H,5-8,10H2,1-2H3/t12-,15+. The Morgan fingerprint density at radius 2 is 1.84 bits per heavy atom. The van der Waals surface area contributed by atoms with Crippen molar-refractivity contribution in [2.24, 2.45) is 0 Å². The summed E-state index contributed by atoms with van der Waals surface area (Å²) in [5.41, 5.74) is 1.32. The molecular weight excluding hydrogens is 281 g/mol. The normalized spacial score (nSPS) is 27.8. The number of aliphatic hydroxyl groups excluding tert-OH is 1. The first-order valence-electron chi connectivity index (χ1n) is 6.71. The predicted octanol–water partition coefficient (Wildman–Crippen LogP) is 3.73. The average Bonchev–Trinajstić information content (AvgIpc) is 2.35. The van der Waals surface area contributed by atoms with Crippen molar-refractivity contribution in [2.45, 2.75) is 37.2 Å². The first kappa shape index (κ1) is 15.1. The third-order valence-corrected chi connectivity index (χ3v) is 4.80. The van der Waals surface area contributed by atoms with Crippen molar-refractivity contribution in [1.29, 1.82) is 0 Å². The second-order valence-corrected chi connectivity index (χ2v) is 6.69. The van der Waals surface area contributed by atoms with Crippen LogP contribution in [0.2, 0.25) is 10.0 Å². The van der Waals surface area contributed by atoms with Crippen LogP contribution in [-0.4, -0.2) is 36.8 Å². The number of likely N-dealkylation sites (N-methyl/N-ethyl adjacent to an activating group) is 1. The highest BCUT2D eigenvalue weighted by Crippen LogP contribution is 2.41. The molecule has 2 nitrogen and oxygen atoms in total. The van der Waals surface area contributed by atoms with Crippen LogP contribution in [0.5, 0.6) is 0 Å². The van der Waals surface area contributed by atoms with Crippen LogP contribution in [0.3, 0.4) is 0 Å². The quantitative estimate of drug-likeness (QED) is 0.919. The minimum Gasteiger partial charge on any atom is -0.393 e. The smallest absolute Gasteiger partial charge is 0.0595 e. The Morgan fingerprint density at radius 3 is 2.37 bits per heavy atom. The molecule has 1 N–H and O–H groups in total. The summed E-state index contributed by atoms with van der Waals surface area (Å²) in [6.07, 6.45) is 3.54. The van der Waals surface area contributed by atoms with Gasteiger partial charge in [0.05, 0.1) is 16.1 Å². The first-order valence-corrected chi connectivity index (χ1v) is 7.47. The Bertz CT molecular complexity index is 440. The third kappa shape index (κ3) is 3.43. The zero-order chi connectivity index (χ0) is 14.0. The summed E-state index contributed by atoms with van der Waals surface area (Å²) in [7, 11) is 4.18. The van der Waals surface area contributed by atoms with E-state index in [1.165, 1.54) is 5.56 Å². The lowest BCUT2D eigenvalue weighted by molar-refractivity contribution is 0.0843. The zero-order valence-corrected chi connectivity index (χ0v) is 13.0. The number of aliphatic hydroxyl groups is 1. The summed E-state index contributed by atoms with van der Waals surface area (Å²) in [6, 6.07) is 5.95. The maximum Gasteiger partial charge on any atom is 0.0595 e. The van der Waals surface area contributed by atoms with Gasteiger partial charge in [-0.1, -0.05) is 29.3 Å². The van der Waals surface area contributed by atoms with Gasteiger partial charge in [0, 0.05) is 12.0 Å². The molecule has 0 saturated heterocycles. The molecular formula is C15H21Cl2NO. The fraction of sp³-hybridized carbons (Fsp3) is 0.600. The van der Waals surface area contributed by atoms with Gasteiger partial charge in [0.15, 0.2) is 0 Å². The molecule has 0 aliphatic heterocycles. The van der Waals surface area contributed by atoms with Gasteiger partial charge in [0.25, 0.3) is 0 Å². The molecule has 0 bridgehead atoms. The molecule has 1 saturated carbocycles. The van der Waals surface area contributed by atoms with Crippen LogP contribution in [0, 0.1) is 0 Å². The summed E-state index contributed by atoms with van der Waals surface area (Å²) < 4.78 is 0. The molecule has 106 valence electrons. The Morgan fingerprint density at radius 1 is 1.21 bits per heavy atom. The van der Waals surface area contributed by atoms with E-state index >= 15 is 0 Å². The lowest BCUT2D eigenvalue weighted by atomic mass is 9.68. The fourth-order valence-corrected chi connectivity index (χ4v) is 3.42. The number of nitrogens with zero attached hydrogens (tertiary/aromatic N) is 1. The van der Waals surface area contributed by atoms with Crippen molar-refractivity contribution >= 4 is 23.2 Å². The van der Waals surface area contributed by atoms with E-state index in [0.717, 1.165) is 32.2 Å². The van der Waals surface area contributed by atoms with Crippen molar-refractivity contribution in [3.8, 4) is 0 Å². The molecule has 0 atom stereocenters. The van der Waals surface area contributed by atoms with Gasteiger partial charge in [-0.25, -0.2) is 0 Å². The van der Waals surface area contributed by atoms with Gasteiger partial charge < -0.3 is 10.0 Å². The van der Waals surface area contributed by atoms with Gasteiger partial charge in [-0.05, 0) is 57.5 Å². The summed E-state index contributed by atoms with van der Waals surface area (Å²) in [6.45, 7) is 0.970. The molecule has 1 aromatic carbocycles. The fourth-order valence-electron chi connectivity index (χ4n) is 3.12. The number of rotatable bonds is 3. The monoisotopic (exact) mass is 301 g/mol. The lowest BCUT2D eigenvalue weighted by Crippen LogP contribution is -2.41. The molecule has 1 aromatic rings. The van der Waals surface area contributed by atoms with Crippen LogP contribution >= 0.6 is 23.2 Å². The maximum atomic E-state index is 9.76. The number of hydrogen-bond acceptors (Lipinski definition) is 2. The van der Waals surface area contributed by atoms with Crippen LogP contribution in [0.4, 0.5) is 0 Å². The number of halogens is 2. The summed E-state index contributed by atoms with van der Waals surface area (Å²) in [4.78, 5) is 2.21. The predicted molar refractivity (Wildman–Crippen MR) is 81.2 cm³/mol. The van der Waals surface area contributed by atoms with E-state index in [1.807, 2.05) is 12.1 Å². The van der Waals surface area contributed by atoms with Crippen molar-refractivity contribution in [3.05, 3.63) is 33.8 Å². The Balaban J connectivity index is 2.33. The van der Waals surface area contributed by atoms with Gasteiger partial charge >= 0.3 is 0 Å². The van der Waals surface area contributed by atoms with E-state index in [0.29, 0.717) is 10.0 Å². The van der Waals surface area contributed by atoms with Crippen molar-refractivity contribution in [3.63, 3.8) is 0 Å². The Kier molecular flexibility index (Phi) is 4.78. The molecule has 1 aliphatic rings. The van der Waals surface area contributed by atoms with E-state index in [9.17, 15) is 5.11 Å². The van der Waals surface area contributed by atoms with E-state index in [1.54, 1.807) is 0 Å². The molecule has 2 rings (SSSR count). The lowest BCUT2D eigenvalue weighted by Gasteiger charge is -2.41. The highest BCUT2D eigenvalue weighted by atomic mass is 35.5. The third-order valence-electron chi connectivity index (χ3n) is 4.06. The molecule has 0 aromatic heterocycles. The van der Waals surface area contributed by atoms with Gasteiger partial charge in [-0.2, -0.15) is 0 Å². The van der Waals surface area contributed by atoms with Crippen molar-refractivity contribution < 1.29 is 5.11 Å². The molecule has 0 spiro atoms. The second kappa shape index (κ2) is 6.01. The largest absolute Gasteiger partial charge is 0.393 e. The maximum absolute atomic E-state index is 9.76. The van der Waals surface area contributed by atoms with E-state index in [2.05, 4.69) is 25.1 Å². The van der Waals surface area contributed by atoms with E-state index in [4.69, 9.17) is 23.2 Å². The number of hydrogen-bond donors (Lipinski definition) is 1. The topological polar surface area (TPSA) is 23.5 Å². The average molecular weight is 302 g/mol. The van der Waals surface area contributed by atoms with Crippen LogP contribution in [0.15, 0.2) is 18.2 Å². The minimum absolute atomic E-state index is 0.0803. The molecule has 1 aliphatic carbocycles. The van der Waals surface area contributed by atoms with Gasteiger partial charge in [0.1, 0.15) is 0 Å². The zero-order valence-electron chi connectivity index (χ0n) is 11.5. The van der Waals surface area contributed by atoms with Gasteiger partial charge in [-0.15, -0.1) is 0 Å². The van der Waals surface area contributed by atoms with Crippen molar-refractivity contribution in [1.82, 2.24) is 4.90 Å². The van der Waals surface area contributed by atoms with Crippen molar-refractivity contribution in [2.75, 3.05) is 20.6 Å². The molecule has 0 heterocycles. The minimum atomic E-state index is -0.155. The molecule has 0 amide bonds. The molecule has 4 heteroatoms. The highest BCUT2D eigenvalue weighted by Gasteiger charge is 2.37. The molecule has 19 heavy (non-hydrogen) atoms. The van der Waals surface area contributed by atoms with E-state index in [-0.39, 0.29) is 11.5 Å². The second-order valence-electron chi connectivity index (χ2n) is 5.88. The Hall–Kier alpha value is -0.280. The van der Waals surface area contributed by atoms with Crippen LogP contribution in [0.25, 0.3) is 0 Å². The first-order chi connectivity index (χ1) is 8.93. The van der Waals surface area contributed by atoms with Gasteiger partial charge in [0.2, 0.25) is 0 Å². The SMILES string of the molecule is CN(C)C[C@]1(c2ccc(Cl)c(Cl)c2)CC[C@@H](O)CC1.